The second-order valence-corrected chi connectivity index (χ2v) is 5.75. The van der Waals surface area contributed by atoms with Crippen molar-refractivity contribution < 1.29 is 23.1 Å². The number of carbonyl (C=O) groups is 1. The predicted octanol–water partition coefficient (Wildman–Crippen LogP) is 2.49. The number of hydrogen-bond acceptors (Lipinski definition) is 6. The zero-order valence-electron chi connectivity index (χ0n) is 9.98. The van der Waals surface area contributed by atoms with Crippen LogP contribution in [0, 0.1) is 0 Å². The van der Waals surface area contributed by atoms with E-state index in [1.165, 1.54) is 0 Å². The molecule has 0 aliphatic carbocycles. The lowest BCUT2D eigenvalue weighted by atomic mass is 10.4. The Balaban J connectivity index is 2.71. The molecule has 0 aromatic carbocycles. The van der Waals surface area contributed by atoms with Crippen LogP contribution in [0.3, 0.4) is 0 Å². The van der Waals surface area contributed by atoms with Crippen molar-refractivity contribution >= 4 is 34.2 Å². The maximum absolute atomic E-state index is 12.4. The third kappa shape index (κ3) is 6.10. The fourth-order valence-corrected chi connectivity index (χ4v) is 2.83. The van der Waals surface area contributed by atoms with Crippen LogP contribution < -0.4 is 4.90 Å². The number of carboxylic acids is 1. The summed E-state index contributed by atoms with van der Waals surface area (Å²) in [5, 5.41) is 16.0. The molecule has 5 nitrogen and oxygen atoms in total. The highest BCUT2D eigenvalue weighted by Gasteiger charge is 2.31. The van der Waals surface area contributed by atoms with E-state index in [4.69, 9.17) is 5.11 Å². The first-order valence-corrected chi connectivity index (χ1v) is 7.12. The van der Waals surface area contributed by atoms with E-state index in [2.05, 4.69) is 10.2 Å². The second kappa shape index (κ2) is 6.94. The Labute approximate surface area is 115 Å². The minimum Gasteiger partial charge on any atom is -0.481 e. The van der Waals surface area contributed by atoms with E-state index < -0.39 is 18.7 Å². The van der Waals surface area contributed by atoms with Gasteiger partial charge in [-0.25, -0.2) is 0 Å². The van der Waals surface area contributed by atoms with E-state index in [1.54, 1.807) is 6.92 Å². The molecule has 0 aliphatic rings. The predicted molar refractivity (Wildman–Crippen MR) is 66.8 cm³/mol. The summed E-state index contributed by atoms with van der Waals surface area (Å²) >= 11 is 1.91. The third-order valence-electron chi connectivity index (χ3n) is 1.85. The lowest BCUT2D eigenvalue weighted by molar-refractivity contribution is -0.134. The molecule has 0 bridgehead atoms. The van der Waals surface area contributed by atoms with Crippen molar-refractivity contribution in [2.45, 2.75) is 23.9 Å². The summed E-state index contributed by atoms with van der Waals surface area (Å²) in [7, 11) is 0. The van der Waals surface area contributed by atoms with Crippen LogP contribution in [-0.2, 0) is 4.79 Å². The van der Waals surface area contributed by atoms with Gasteiger partial charge < -0.3 is 10.0 Å². The van der Waals surface area contributed by atoms with Gasteiger partial charge in [-0.1, -0.05) is 30.0 Å². The van der Waals surface area contributed by atoms with Crippen LogP contribution in [0.2, 0.25) is 0 Å². The molecule has 0 atom stereocenters. The number of carboxylic acid groups (broad SMARTS) is 1. The molecular weight excluding hydrogens is 303 g/mol. The van der Waals surface area contributed by atoms with Gasteiger partial charge in [0.25, 0.3) is 0 Å². The molecule has 0 unspecified atom stereocenters. The number of rotatable bonds is 7. The average molecular weight is 315 g/mol. The van der Waals surface area contributed by atoms with Gasteiger partial charge >= 0.3 is 12.1 Å². The summed E-state index contributed by atoms with van der Waals surface area (Å²) in [6, 6.07) is 0. The van der Waals surface area contributed by atoms with Crippen molar-refractivity contribution in [1.29, 1.82) is 0 Å². The molecule has 0 aliphatic heterocycles. The van der Waals surface area contributed by atoms with Crippen LogP contribution in [-0.4, -0.2) is 46.3 Å². The van der Waals surface area contributed by atoms with Gasteiger partial charge in [0.1, 0.15) is 6.54 Å². The van der Waals surface area contributed by atoms with E-state index in [9.17, 15) is 18.0 Å². The number of thioether (sulfide) groups is 1. The Hall–Kier alpha value is -1.03. The first-order valence-electron chi connectivity index (χ1n) is 5.31. The lowest BCUT2D eigenvalue weighted by Gasteiger charge is -2.21. The van der Waals surface area contributed by atoms with Crippen molar-refractivity contribution in [3.63, 3.8) is 0 Å². The number of alkyl halides is 3. The fourth-order valence-electron chi connectivity index (χ4n) is 1.24. The van der Waals surface area contributed by atoms with E-state index in [0.29, 0.717) is 10.8 Å². The molecule has 0 saturated carbocycles. The van der Waals surface area contributed by atoms with Gasteiger partial charge in [0, 0.05) is 6.54 Å². The molecule has 0 saturated heterocycles. The zero-order chi connectivity index (χ0) is 14.5. The summed E-state index contributed by atoms with van der Waals surface area (Å²) in [5.74, 6) is -1.20. The normalized spacial score (nSPS) is 11.6. The highest BCUT2D eigenvalue weighted by atomic mass is 32.2. The Morgan fingerprint density at radius 3 is 2.68 bits per heavy atom. The molecule has 0 amide bonds. The van der Waals surface area contributed by atoms with Crippen molar-refractivity contribution in [1.82, 2.24) is 10.2 Å². The van der Waals surface area contributed by atoms with Crippen LogP contribution in [0.1, 0.15) is 13.3 Å². The Morgan fingerprint density at radius 2 is 2.16 bits per heavy atom. The minimum atomic E-state index is -4.31. The summed E-state index contributed by atoms with van der Waals surface area (Å²) in [6.45, 7) is 0.904. The van der Waals surface area contributed by atoms with Crippen LogP contribution in [0.25, 0.3) is 0 Å². The molecule has 0 radical (unpaired) electrons. The maximum Gasteiger partial charge on any atom is 0.406 e. The molecule has 1 heterocycles. The number of aromatic nitrogens is 2. The van der Waals surface area contributed by atoms with Gasteiger partial charge in [0.15, 0.2) is 4.34 Å². The third-order valence-corrected chi connectivity index (χ3v) is 3.95. The standard InChI is InChI=1S/C9H12F3N3O2S2/c1-2-3-15(5-9(10,11)12)7-13-14-8(19-7)18-4-6(16)17/h2-5H2,1H3,(H,16,17). The topological polar surface area (TPSA) is 66.3 Å². The number of hydrogen-bond donors (Lipinski definition) is 1. The summed E-state index contributed by atoms with van der Waals surface area (Å²) in [5.41, 5.74) is 0. The molecular formula is C9H12F3N3O2S2. The molecule has 1 rings (SSSR count). The zero-order valence-corrected chi connectivity index (χ0v) is 11.6. The monoisotopic (exact) mass is 315 g/mol. The molecule has 19 heavy (non-hydrogen) atoms. The Bertz CT molecular complexity index is 425. The second-order valence-electron chi connectivity index (χ2n) is 3.57. The van der Waals surface area contributed by atoms with Crippen molar-refractivity contribution in [2.75, 3.05) is 23.7 Å². The van der Waals surface area contributed by atoms with Crippen LogP contribution >= 0.6 is 23.1 Å². The smallest absolute Gasteiger partial charge is 0.406 e. The Kier molecular flexibility index (Phi) is 5.85. The van der Waals surface area contributed by atoms with Gasteiger partial charge in [0.2, 0.25) is 5.13 Å². The van der Waals surface area contributed by atoms with Crippen molar-refractivity contribution in [2.24, 2.45) is 0 Å². The van der Waals surface area contributed by atoms with E-state index in [1.807, 2.05) is 0 Å². The fraction of sp³-hybridized carbons (Fsp3) is 0.667. The molecule has 1 aromatic heterocycles. The SMILES string of the molecule is CCCN(CC(F)(F)F)c1nnc(SCC(=O)O)s1. The maximum atomic E-state index is 12.4. The van der Waals surface area contributed by atoms with Crippen molar-refractivity contribution in [3.8, 4) is 0 Å². The molecule has 1 aromatic rings. The first-order chi connectivity index (χ1) is 8.81. The number of aliphatic carboxylic acids is 1. The summed E-state index contributed by atoms with van der Waals surface area (Å²) in [4.78, 5) is 11.5. The van der Waals surface area contributed by atoms with Gasteiger partial charge in [-0.3, -0.25) is 4.79 Å². The van der Waals surface area contributed by atoms with Gasteiger partial charge in [-0.15, -0.1) is 10.2 Å². The summed E-state index contributed by atoms with van der Waals surface area (Å²) in [6.07, 6.45) is -3.76. The molecule has 1 N–H and O–H groups in total. The average Bonchev–Trinajstić information content (AvgIpc) is 2.72. The quantitative estimate of drug-likeness (QED) is 0.780. The Morgan fingerprint density at radius 1 is 1.47 bits per heavy atom. The lowest BCUT2D eigenvalue weighted by Crippen LogP contribution is -2.34. The summed E-state index contributed by atoms with van der Waals surface area (Å²) < 4.78 is 37.6. The first kappa shape index (κ1) is 16.0. The number of nitrogens with zero attached hydrogens (tertiary/aromatic N) is 3. The van der Waals surface area contributed by atoms with Crippen LogP contribution in [0.15, 0.2) is 4.34 Å². The molecule has 0 fully saturated rings. The highest BCUT2D eigenvalue weighted by Crippen LogP contribution is 2.30. The van der Waals surface area contributed by atoms with Crippen molar-refractivity contribution in [3.05, 3.63) is 0 Å². The minimum absolute atomic E-state index is 0.159. The highest BCUT2D eigenvalue weighted by molar-refractivity contribution is 8.01. The van der Waals surface area contributed by atoms with Crippen LogP contribution in [0.4, 0.5) is 18.3 Å². The van der Waals surface area contributed by atoms with E-state index in [0.717, 1.165) is 28.0 Å². The van der Waals surface area contributed by atoms with Gasteiger partial charge in [0.05, 0.1) is 5.75 Å². The molecule has 10 heteroatoms. The van der Waals surface area contributed by atoms with E-state index in [-0.39, 0.29) is 17.4 Å². The van der Waals surface area contributed by atoms with Gasteiger partial charge in [-0.2, -0.15) is 13.2 Å². The number of anilines is 1. The van der Waals surface area contributed by atoms with E-state index >= 15 is 0 Å². The largest absolute Gasteiger partial charge is 0.481 e. The van der Waals surface area contributed by atoms with Gasteiger partial charge in [-0.05, 0) is 6.42 Å². The van der Waals surface area contributed by atoms with Crippen LogP contribution in [0.5, 0.6) is 0 Å². The number of halogens is 3. The molecule has 0 spiro atoms. The molecule has 108 valence electrons.